The van der Waals surface area contributed by atoms with E-state index in [9.17, 15) is 9.18 Å². The Balaban J connectivity index is 0.000000442. The second kappa shape index (κ2) is 19.8. The van der Waals surface area contributed by atoms with Crippen molar-refractivity contribution in [1.29, 1.82) is 0 Å². The molecule has 4 rings (SSSR count). The average Bonchev–Trinajstić information content (AvgIpc) is 3.07. The minimum absolute atomic E-state index is 0.00237. The molecule has 0 saturated carbocycles. The molecule has 0 aliphatic rings. The Morgan fingerprint density at radius 3 is 1.39 bits per heavy atom. The molecule has 0 N–H and O–H groups in total. The molecule has 0 saturated heterocycles. The summed E-state index contributed by atoms with van der Waals surface area (Å²) in [5.41, 5.74) is 13.9. The van der Waals surface area contributed by atoms with E-state index in [2.05, 4.69) is 142 Å². The third-order valence-electron chi connectivity index (χ3n) is 10.1. The van der Waals surface area contributed by atoms with Gasteiger partial charge < -0.3 is 0 Å². The number of benzene rings is 4. The number of allylic oxidation sites excluding steroid dienone is 1. The van der Waals surface area contributed by atoms with Crippen molar-refractivity contribution >= 4 is 29.8 Å². The Kier molecular flexibility index (Phi) is 17.4. The maximum Gasteiger partial charge on any atom is 0.150 e. The van der Waals surface area contributed by atoms with Crippen LogP contribution in [0.5, 0.6) is 0 Å². The fourth-order valence-electron chi connectivity index (χ4n) is 7.46. The minimum atomic E-state index is -0.239. The summed E-state index contributed by atoms with van der Waals surface area (Å²) in [6.45, 7) is 46.7. The molecular formula is C53H75FOS2. The number of carbonyl (C=O) groups excluding carboxylic acids is 1. The molecule has 0 aliphatic heterocycles. The number of aryl methyl sites for hydroxylation is 2. The van der Waals surface area contributed by atoms with Crippen molar-refractivity contribution in [3.05, 3.63) is 129 Å². The van der Waals surface area contributed by atoms with Crippen molar-refractivity contribution in [2.75, 3.05) is 0 Å². The van der Waals surface area contributed by atoms with Crippen LogP contribution in [-0.4, -0.2) is 10.4 Å². The molecule has 0 spiro atoms. The minimum Gasteiger partial charge on any atom is -0.298 e. The van der Waals surface area contributed by atoms with Crippen molar-refractivity contribution < 1.29 is 9.18 Å². The Hall–Kier alpha value is -3.08. The molecule has 0 unspecified atom stereocenters. The van der Waals surface area contributed by atoms with Gasteiger partial charge in [-0.1, -0.05) is 121 Å². The highest BCUT2D eigenvalue weighted by atomic mass is 32.2. The van der Waals surface area contributed by atoms with E-state index < -0.39 is 0 Å². The van der Waals surface area contributed by atoms with Crippen LogP contribution < -0.4 is 0 Å². The Morgan fingerprint density at radius 1 is 0.614 bits per heavy atom. The van der Waals surface area contributed by atoms with Crippen LogP contribution in [0.1, 0.15) is 173 Å². The molecule has 312 valence electrons. The standard InChI is InChI=1S/C34H54S2.C16H15FO.C3H6/c1-17-25-28(32(9,10)11)20-24(21-29(25)33(12,13)14)36-34(15,16)35-23-18-26(30(3,4)5)22(2)27(19-23)31(6,7)8;1-3-12-4-5-13(9-14(12)10-18)16-7-6-15(17)8-11(16)2;1-3-2/h18-21H,17H2,1-16H3;4-10H,3H2,1-2H3;3H,1H2,2H3. The number of halogens is 1. The lowest BCUT2D eigenvalue weighted by Crippen LogP contribution is -2.22. The van der Waals surface area contributed by atoms with E-state index in [0.717, 1.165) is 41.4 Å². The summed E-state index contributed by atoms with van der Waals surface area (Å²) in [5.74, 6) is -0.239. The number of hydrogen-bond acceptors (Lipinski definition) is 3. The Morgan fingerprint density at radius 2 is 1.04 bits per heavy atom. The van der Waals surface area contributed by atoms with Crippen molar-refractivity contribution in [2.24, 2.45) is 0 Å². The number of rotatable bonds is 8. The van der Waals surface area contributed by atoms with Gasteiger partial charge in [-0.3, -0.25) is 4.79 Å². The van der Waals surface area contributed by atoms with E-state index in [1.807, 2.05) is 62.5 Å². The van der Waals surface area contributed by atoms with Crippen LogP contribution in [-0.2, 0) is 34.5 Å². The topological polar surface area (TPSA) is 17.1 Å². The van der Waals surface area contributed by atoms with Crippen LogP contribution in [0, 0.1) is 19.7 Å². The zero-order chi connectivity index (χ0) is 43.9. The number of aldehydes is 1. The van der Waals surface area contributed by atoms with Gasteiger partial charge >= 0.3 is 0 Å². The van der Waals surface area contributed by atoms with Gasteiger partial charge in [0.05, 0.1) is 4.08 Å². The van der Waals surface area contributed by atoms with Crippen LogP contribution in [0.15, 0.2) is 83.1 Å². The Bertz CT molecular complexity index is 1920. The average molecular weight is 811 g/mol. The highest BCUT2D eigenvalue weighted by molar-refractivity contribution is 8.18. The highest BCUT2D eigenvalue weighted by Crippen LogP contribution is 2.49. The molecule has 0 aromatic heterocycles. The van der Waals surface area contributed by atoms with Crippen LogP contribution in [0.4, 0.5) is 4.39 Å². The zero-order valence-electron chi connectivity index (χ0n) is 39.2. The molecule has 1 nitrogen and oxygen atoms in total. The summed E-state index contributed by atoms with van der Waals surface area (Å²) in [6, 6.07) is 20.4. The second-order valence-electron chi connectivity index (χ2n) is 19.9. The molecule has 4 aromatic rings. The van der Waals surface area contributed by atoms with Gasteiger partial charge in [0.25, 0.3) is 0 Å². The third kappa shape index (κ3) is 14.0. The fourth-order valence-corrected chi connectivity index (χ4v) is 10.0. The van der Waals surface area contributed by atoms with Gasteiger partial charge in [-0.25, -0.2) is 4.39 Å². The molecular weight excluding hydrogens is 736 g/mol. The van der Waals surface area contributed by atoms with Crippen LogP contribution in [0.3, 0.4) is 0 Å². The summed E-state index contributed by atoms with van der Waals surface area (Å²) >= 11 is 4.02. The van der Waals surface area contributed by atoms with Gasteiger partial charge in [0.2, 0.25) is 0 Å². The largest absolute Gasteiger partial charge is 0.298 e. The first-order valence-electron chi connectivity index (χ1n) is 20.7. The lowest BCUT2D eigenvalue weighted by molar-refractivity contribution is 0.112. The predicted octanol–water partition coefficient (Wildman–Crippen LogP) is 16.7. The normalized spacial score (nSPS) is 12.3. The molecule has 57 heavy (non-hydrogen) atoms. The number of thioether (sulfide) groups is 2. The monoisotopic (exact) mass is 811 g/mol. The molecule has 0 radical (unpaired) electrons. The van der Waals surface area contributed by atoms with Crippen molar-refractivity contribution in [2.45, 2.75) is 180 Å². The van der Waals surface area contributed by atoms with Crippen molar-refractivity contribution in [3.63, 3.8) is 0 Å². The molecule has 0 bridgehead atoms. The van der Waals surface area contributed by atoms with Gasteiger partial charge in [0.15, 0.2) is 0 Å². The lowest BCUT2D eigenvalue weighted by atomic mass is 9.75. The van der Waals surface area contributed by atoms with Gasteiger partial charge in [-0.2, -0.15) is 0 Å². The van der Waals surface area contributed by atoms with E-state index in [4.69, 9.17) is 0 Å². The summed E-state index contributed by atoms with van der Waals surface area (Å²) < 4.78 is 13.1. The van der Waals surface area contributed by atoms with Gasteiger partial charge in [-0.15, -0.1) is 30.1 Å². The zero-order valence-corrected chi connectivity index (χ0v) is 40.8. The van der Waals surface area contributed by atoms with Crippen molar-refractivity contribution in [3.8, 4) is 11.1 Å². The van der Waals surface area contributed by atoms with E-state index in [1.54, 1.807) is 12.1 Å². The number of hydrogen-bond donors (Lipinski definition) is 0. The smallest absolute Gasteiger partial charge is 0.150 e. The van der Waals surface area contributed by atoms with Gasteiger partial charge in [-0.05, 0) is 167 Å². The molecule has 0 aliphatic carbocycles. The van der Waals surface area contributed by atoms with E-state index in [-0.39, 0.29) is 31.6 Å². The van der Waals surface area contributed by atoms with Gasteiger partial charge in [0.1, 0.15) is 12.1 Å². The number of carbonyl (C=O) groups is 1. The van der Waals surface area contributed by atoms with Crippen LogP contribution in [0.25, 0.3) is 11.1 Å². The van der Waals surface area contributed by atoms with Crippen molar-refractivity contribution in [1.82, 2.24) is 0 Å². The summed E-state index contributed by atoms with van der Waals surface area (Å²) in [6.07, 6.45) is 4.54. The molecule has 4 aromatic carbocycles. The SMILES string of the molecule is C=CC.CCc1c(C(C)(C)C)cc(SC(C)(C)Sc2cc(C(C)(C)C)c(C)c(C(C)(C)C)c2)cc1C(C)(C)C.CCc1ccc(-c2ccc(F)cc2C)cc1C=O. The summed E-state index contributed by atoms with van der Waals surface area (Å²) in [4.78, 5) is 13.8. The van der Waals surface area contributed by atoms with Crippen LogP contribution in [0.2, 0.25) is 0 Å². The fraction of sp³-hybridized carbons (Fsp3) is 0.491. The second-order valence-corrected chi connectivity index (χ2v) is 23.5. The van der Waals surface area contributed by atoms with Crippen LogP contribution >= 0.6 is 23.5 Å². The predicted molar refractivity (Wildman–Crippen MR) is 255 cm³/mol. The maximum absolute atomic E-state index is 13.1. The lowest BCUT2D eigenvalue weighted by Gasteiger charge is -2.33. The quantitative estimate of drug-likeness (QED) is 0.0764. The first-order valence-corrected chi connectivity index (χ1v) is 22.3. The third-order valence-corrected chi connectivity index (χ3v) is 12.5. The summed E-state index contributed by atoms with van der Waals surface area (Å²) in [5, 5.41) is 0. The first-order chi connectivity index (χ1) is 26.0. The molecule has 0 amide bonds. The van der Waals surface area contributed by atoms with E-state index >= 15 is 0 Å². The Labute approximate surface area is 357 Å². The molecule has 4 heteroatoms. The first kappa shape index (κ1) is 50.1. The molecule has 0 fully saturated rings. The molecule has 0 heterocycles. The van der Waals surface area contributed by atoms with Gasteiger partial charge in [0, 0.05) is 15.4 Å². The van der Waals surface area contributed by atoms with E-state index in [1.165, 1.54) is 55.3 Å². The van der Waals surface area contributed by atoms with E-state index in [0.29, 0.717) is 5.56 Å². The molecule has 0 atom stereocenters. The highest BCUT2D eigenvalue weighted by Gasteiger charge is 2.30. The maximum atomic E-state index is 13.1. The summed E-state index contributed by atoms with van der Waals surface area (Å²) in [7, 11) is 0.